The van der Waals surface area contributed by atoms with E-state index in [1.54, 1.807) is 6.20 Å². The second-order valence-electron chi connectivity index (χ2n) is 4.93. The third kappa shape index (κ3) is 4.06. The lowest BCUT2D eigenvalue weighted by molar-refractivity contribution is 0.259. The Labute approximate surface area is 124 Å². The molecule has 0 radical (unpaired) electrons. The number of nitrogens with two attached hydrogens (primary N) is 1. The molecule has 0 fully saturated rings. The fourth-order valence-electron chi connectivity index (χ4n) is 2.25. The highest BCUT2D eigenvalue weighted by Crippen LogP contribution is 2.21. The van der Waals surface area contributed by atoms with Gasteiger partial charge in [-0.05, 0) is 31.0 Å². The van der Waals surface area contributed by atoms with Crippen molar-refractivity contribution in [2.24, 2.45) is 5.73 Å². The Kier molecular flexibility index (Phi) is 4.94. The summed E-state index contributed by atoms with van der Waals surface area (Å²) in [7, 11) is 0. The number of aromatic amines is 1. The molecule has 0 bridgehead atoms. The SMILES string of the molecule is CCC(NC(C)c1ccc(NC(N)=O)cc1)c1ncc[nH]1. The molecule has 1 aromatic carbocycles. The summed E-state index contributed by atoms with van der Waals surface area (Å²) in [6, 6.07) is 7.41. The van der Waals surface area contributed by atoms with Crippen LogP contribution in [-0.2, 0) is 0 Å². The number of carbonyl (C=O) groups excluding carboxylic acids is 1. The van der Waals surface area contributed by atoms with E-state index in [1.807, 2.05) is 30.5 Å². The summed E-state index contributed by atoms with van der Waals surface area (Å²) in [5.41, 5.74) is 6.91. The summed E-state index contributed by atoms with van der Waals surface area (Å²) in [5.74, 6) is 0.941. The van der Waals surface area contributed by atoms with E-state index < -0.39 is 6.03 Å². The molecule has 0 aliphatic rings. The van der Waals surface area contributed by atoms with E-state index in [0.29, 0.717) is 5.69 Å². The molecule has 0 saturated carbocycles. The summed E-state index contributed by atoms with van der Waals surface area (Å²) in [6.45, 7) is 4.22. The molecule has 6 nitrogen and oxygen atoms in total. The molecule has 21 heavy (non-hydrogen) atoms. The van der Waals surface area contributed by atoms with E-state index in [2.05, 4.69) is 34.4 Å². The van der Waals surface area contributed by atoms with Gasteiger partial charge in [-0.1, -0.05) is 19.1 Å². The summed E-state index contributed by atoms with van der Waals surface area (Å²) in [5, 5.41) is 6.09. The van der Waals surface area contributed by atoms with Crippen molar-refractivity contribution in [1.82, 2.24) is 15.3 Å². The third-order valence-electron chi connectivity index (χ3n) is 3.39. The number of nitrogens with one attached hydrogen (secondary N) is 3. The lowest BCUT2D eigenvalue weighted by Crippen LogP contribution is -2.25. The van der Waals surface area contributed by atoms with E-state index in [9.17, 15) is 4.79 Å². The molecular formula is C15H21N5O. The van der Waals surface area contributed by atoms with Crippen molar-refractivity contribution < 1.29 is 4.79 Å². The van der Waals surface area contributed by atoms with Crippen molar-refractivity contribution in [3.05, 3.63) is 48.0 Å². The van der Waals surface area contributed by atoms with Crippen LogP contribution in [0.2, 0.25) is 0 Å². The number of aromatic nitrogens is 2. The second-order valence-corrected chi connectivity index (χ2v) is 4.93. The average Bonchev–Trinajstić information content (AvgIpc) is 2.98. The highest BCUT2D eigenvalue weighted by atomic mass is 16.2. The van der Waals surface area contributed by atoms with Gasteiger partial charge in [0, 0.05) is 24.1 Å². The number of carbonyl (C=O) groups is 1. The van der Waals surface area contributed by atoms with Gasteiger partial charge < -0.3 is 21.4 Å². The molecule has 2 rings (SSSR count). The molecular weight excluding hydrogens is 266 g/mol. The van der Waals surface area contributed by atoms with Gasteiger partial charge in [0.1, 0.15) is 5.82 Å². The lowest BCUT2D eigenvalue weighted by Gasteiger charge is -2.21. The molecule has 112 valence electrons. The maximum atomic E-state index is 10.8. The number of urea groups is 1. The Balaban J connectivity index is 2.02. The van der Waals surface area contributed by atoms with Gasteiger partial charge in [0.05, 0.1) is 6.04 Å². The van der Waals surface area contributed by atoms with E-state index in [-0.39, 0.29) is 12.1 Å². The van der Waals surface area contributed by atoms with Gasteiger partial charge in [0.25, 0.3) is 0 Å². The van der Waals surface area contributed by atoms with Crippen LogP contribution in [0.15, 0.2) is 36.7 Å². The fourth-order valence-corrected chi connectivity index (χ4v) is 2.25. The topological polar surface area (TPSA) is 95.8 Å². The molecule has 2 atom stereocenters. The minimum Gasteiger partial charge on any atom is -0.351 e. The average molecular weight is 287 g/mol. The molecule has 6 heteroatoms. The van der Waals surface area contributed by atoms with E-state index in [0.717, 1.165) is 17.8 Å². The van der Waals surface area contributed by atoms with Crippen LogP contribution in [0.3, 0.4) is 0 Å². The van der Waals surface area contributed by atoms with E-state index in [1.165, 1.54) is 0 Å². The maximum Gasteiger partial charge on any atom is 0.316 e. The first-order valence-corrected chi connectivity index (χ1v) is 7.02. The highest BCUT2D eigenvalue weighted by molar-refractivity contribution is 5.87. The van der Waals surface area contributed by atoms with Crippen molar-refractivity contribution in [3.8, 4) is 0 Å². The van der Waals surface area contributed by atoms with Gasteiger partial charge in [-0.25, -0.2) is 9.78 Å². The fraction of sp³-hybridized carbons (Fsp3) is 0.333. The first kappa shape index (κ1) is 15.1. The van der Waals surface area contributed by atoms with Crippen LogP contribution in [0.4, 0.5) is 10.5 Å². The number of imidazole rings is 1. The Morgan fingerprint density at radius 3 is 2.62 bits per heavy atom. The zero-order chi connectivity index (χ0) is 15.2. The largest absolute Gasteiger partial charge is 0.351 e. The zero-order valence-electron chi connectivity index (χ0n) is 12.3. The Morgan fingerprint density at radius 1 is 1.38 bits per heavy atom. The summed E-state index contributed by atoms with van der Waals surface area (Å²) >= 11 is 0. The molecule has 0 aliphatic carbocycles. The van der Waals surface area contributed by atoms with Crippen LogP contribution < -0.4 is 16.4 Å². The van der Waals surface area contributed by atoms with Gasteiger partial charge in [-0.2, -0.15) is 0 Å². The molecule has 1 aromatic heterocycles. The van der Waals surface area contributed by atoms with Crippen LogP contribution >= 0.6 is 0 Å². The number of nitrogens with zero attached hydrogens (tertiary/aromatic N) is 1. The monoisotopic (exact) mass is 287 g/mol. The molecule has 0 saturated heterocycles. The minimum atomic E-state index is -0.558. The van der Waals surface area contributed by atoms with Gasteiger partial charge >= 0.3 is 6.03 Å². The van der Waals surface area contributed by atoms with E-state index >= 15 is 0 Å². The van der Waals surface area contributed by atoms with Crippen LogP contribution in [0.25, 0.3) is 0 Å². The minimum absolute atomic E-state index is 0.169. The normalized spacial score (nSPS) is 13.6. The standard InChI is InChI=1S/C15H21N5O/c1-3-13(14-17-8-9-18-14)19-10(2)11-4-6-12(7-5-11)20-15(16)21/h4-10,13,19H,3H2,1-2H3,(H,17,18)(H3,16,20,21). The third-order valence-corrected chi connectivity index (χ3v) is 3.39. The maximum absolute atomic E-state index is 10.8. The molecule has 0 spiro atoms. The number of amides is 2. The van der Waals surface area contributed by atoms with Crippen molar-refractivity contribution in [2.45, 2.75) is 32.4 Å². The zero-order valence-corrected chi connectivity index (χ0v) is 12.3. The van der Waals surface area contributed by atoms with Crippen molar-refractivity contribution in [1.29, 1.82) is 0 Å². The predicted octanol–water partition coefficient (Wildman–Crippen LogP) is 2.70. The van der Waals surface area contributed by atoms with Crippen LogP contribution in [0.1, 0.15) is 43.7 Å². The summed E-state index contributed by atoms with van der Waals surface area (Å²) in [4.78, 5) is 18.2. The Hall–Kier alpha value is -2.34. The summed E-state index contributed by atoms with van der Waals surface area (Å²) < 4.78 is 0. The molecule has 2 unspecified atom stereocenters. The van der Waals surface area contributed by atoms with Gasteiger partial charge in [-0.3, -0.25) is 0 Å². The quantitative estimate of drug-likeness (QED) is 0.657. The van der Waals surface area contributed by atoms with Crippen LogP contribution in [-0.4, -0.2) is 16.0 Å². The van der Waals surface area contributed by atoms with Crippen LogP contribution in [0.5, 0.6) is 0 Å². The molecule has 0 aliphatic heterocycles. The Bertz CT molecular complexity index is 564. The molecule has 2 aromatic rings. The van der Waals surface area contributed by atoms with E-state index in [4.69, 9.17) is 5.73 Å². The predicted molar refractivity (Wildman–Crippen MR) is 82.8 cm³/mol. The molecule has 1 heterocycles. The number of rotatable bonds is 6. The summed E-state index contributed by atoms with van der Waals surface area (Å²) in [6.07, 6.45) is 4.53. The Morgan fingerprint density at radius 2 is 2.10 bits per heavy atom. The number of hydrogen-bond acceptors (Lipinski definition) is 3. The molecule has 5 N–H and O–H groups in total. The van der Waals surface area contributed by atoms with Crippen molar-refractivity contribution >= 4 is 11.7 Å². The first-order valence-electron chi connectivity index (χ1n) is 7.02. The lowest BCUT2D eigenvalue weighted by atomic mass is 10.1. The van der Waals surface area contributed by atoms with Gasteiger partial charge in [0.15, 0.2) is 0 Å². The molecule has 2 amide bonds. The van der Waals surface area contributed by atoms with Gasteiger partial charge in [-0.15, -0.1) is 0 Å². The number of primary amides is 1. The van der Waals surface area contributed by atoms with Crippen LogP contribution in [0, 0.1) is 0 Å². The second kappa shape index (κ2) is 6.90. The number of anilines is 1. The first-order chi connectivity index (χ1) is 10.1. The highest BCUT2D eigenvalue weighted by Gasteiger charge is 2.15. The number of benzene rings is 1. The van der Waals surface area contributed by atoms with Crippen molar-refractivity contribution in [2.75, 3.05) is 5.32 Å². The smallest absolute Gasteiger partial charge is 0.316 e. The van der Waals surface area contributed by atoms with Gasteiger partial charge in [0.2, 0.25) is 0 Å². The number of H-pyrrole nitrogens is 1. The van der Waals surface area contributed by atoms with Crippen molar-refractivity contribution in [3.63, 3.8) is 0 Å². The number of hydrogen-bond donors (Lipinski definition) is 4.